The fraction of sp³-hybridized carbons (Fsp3) is 0.0667. The van der Waals surface area contributed by atoms with Gasteiger partial charge in [0.25, 0.3) is 17.5 Å². The van der Waals surface area contributed by atoms with E-state index >= 15 is 0 Å². The molecular weight excluding hydrogens is 321 g/mol. The molecule has 0 radical (unpaired) electrons. The molecule has 2 amide bonds. The number of methoxy groups -OCH3 is 1. The fourth-order valence-corrected chi connectivity index (χ4v) is 1.88. The van der Waals surface area contributed by atoms with E-state index in [1.165, 1.54) is 37.4 Å². The third-order valence-corrected chi connectivity index (χ3v) is 3.05. The minimum atomic E-state index is -0.870. The Labute approximate surface area is 135 Å². The van der Waals surface area contributed by atoms with Crippen LogP contribution in [0.2, 0.25) is 0 Å². The van der Waals surface area contributed by atoms with E-state index in [1.54, 1.807) is 0 Å². The van der Waals surface area contributed by atoms with Crippen molar-refractivity contribution in [2.75, 3.05) is 7.11 Å². The van der Waals surface area contributed by atoms with Crippen LogP contribution in [0.15, 0.2) is 42.5 Å². The molecule has 2 aromatic rings. The molecule has 0 aliphatic carbocycles. The number of nitrogens with one attached hydrogen (secondary N) is 2. The molecular formula is C15H12FN3O5. The van der Waals surface area contributed by atoms with Gasteiger partial charge in [0.15, 0.2) is 0 Å². The molecule has 0 fully saturated rings. The second-order valence-corrected chi connectivity index (χ2v) is 4.53. The molecule has 24 heavy (non-hydrogen) atoms. The summed E-state index contributed by atoms with van der Waals surface area (Å²) in [5.41, 5.74) is 3.36. The number of halogens is 1. The monoisotopic (exact) mass is 333 g/mol. The first-order valence-corrected chi connectivity index (χ1v) is 6.61. The number of amides is 2. The van der Waals surface area contributed by atoms with Crippen molar-refractivity contribution < 1.29 is 23.6 Å². The molecule has 0 atom stereocenters. The third-order valence-electron chi connectivity index (χ3n) is 3.05. The van der Waals surface area contributed by atoms with E-state index in [0.29, 0.717) is 0 Å². The third kappa shape index (κ3) is 3.64. The number of hydrazine groups is 1. The first-order valence-electron chi connectivity index (χ1n) is 6.61. The standard InChI is InChI=1S/C15H12FN3O5/c1-24-13-7-6-9(19(22)23)8-11(13)15(21)18-17-14(20)10-4-2-3-5-12(10)16/h2-8H,1H3,(H,17,20)(H,18,21). The Kier molecular flexibility index (Phi) is 5.05. The summed E-state index contributed by atoms with van der Waals surface area (Å²) >= 11 is 0. The zero-order valence-electron chi connectivity index (χ0n) is 12.4. The number of carbonyl (C=O) groups excluding carboxylic acids is 2. The van der Waals surface area contributed by atoms with Gasteiger partial charge in [0.1, 0.15) is 11.6 Å². The number of hydrogen-bond donors (Lipinski definition) is 2. The molecule has 0 saturated carbocycles. The second-order valence-electron chi connectivity index (χ2n) is 4.53. The predicted molar refractivity (Wildman–Crippen MR) is 81.0 cm³/mol. The molecule has 0 spiro atoms. The molecule has 0 unspecified atom stereocenters. The van der Waals surface area contributed by atoms with Crippen LogP contribution in [0.4, 0.5) is 10.1 Å². The lowest BCUT2D eigenvalue weighted by molar-refractivity contribution is -0.384. The van der Waals surface area contributed by atoms with Crippen LogP contribution >= 0.6 is 0 Å². The van der Waals surface area contributed by atoms with Crippen molar-refractivity contribution in [3.05, 3.63) is 69.5 Å². The number of non-ortho nitro benzene ring substituents is 1. The van der Waals surface area contributed by atoms with Gasteiger partial charge in [-0.05, 0) is 18.2 Å². The molecule has 124 valence electrons. The maximum Gasteiger partial charge on any atom is 0.273 e. The van der Waals surface area contributed by atoms with Gasteiger partial charge < -0.3 is 4.74 Å². The minimum absolute atomic E-state index is 0.0817. The number of ether oxygens (including phenoxy) is 1. The molecule has 9 heteroatoms. The molecule has 2 N–H and O–H groups in total. The number of rotatable bonds is 4. The molecule has 0 aliphatic heterocycles. The summed E-state index contributed by atoms with van der Waals surface area (Å²) in [6.07, 6.45) is 0. The average molecular weight is 333 g/mol. The Bertz CT molecular complexity index is 809. The highest BCUT2D eigenvalue weighted by molar-refractivity contribution is 6.00. The molecule has 2 aromatic carbocycles. The Morgan fingerprint density at radius 2 is 1.71 bits per heavy atom. The Morgan fingerprint density at radius 3 is 2.29 bits per heavy atom. The van der Waals surface area contributed by atoms with Crippen molar-refractivity contribution in [2.45, 2.75) is 0 Å². The van der Waals surface area contributed by atoms with Crippen molar-refractivity contribution >= 4 is 17.5 Å². The van der Waals surface area contributed by atoms with Gasteiger partial charge in [-0.3, -0.25) is 30.6 Å². The first kappa shape index (κ1) is 16.9. The highest BCUT2D eigenvalue weighted by atomic mass is 19.1. The minimum Gasteiger partial charge on any atom is -0.496 e. The quantitative estimate of drug-likeness (QED) is 0.655. The van der Waals surface area contributed by atoms with Crippen LogP contribution in [0.5, 0.6) is 5.75 Å². The number of carbonyl (C=O) groups is 2. The number of nitrogens with zero attached hydrogens (tertiary/aromatic N) is 1. The highest BCUT2D eigenvalue weighted by Gasteiger charge is 2.18. The number of nitro groups is 1. The lowest BCUT2D eigenvalue weighted by atomic mass is 10.1. The van der Waals surface area contributed by atoms with Crippen molar-refractivity contribution in [2.24, 2.45) is 0 Å². The van der Waals surface area contributed by atoms with Crippen molar-refractivity contribution in [1.82, 2.24) is 10.9 Å². The highest BCUT2D eigenvalue weighted by Crippen LogP contribution is 2.23. The summed E-state index contributed by atoms with van der Waals surface area (Å²) in [6, 6.07) is 8.65. The summed E-state index contributed by atoms with van der Waals surface area (Å²) in [4.78, 5) is 34.0. The van der Waals surface area contributed by atoms with Crippen LogP contribution in [0.25, 0.3) is 0 Å². The fourth-order valence-electron chi connectivity index (χ4n) is 1.88. The van der Waals surface area contributed by atoms with Crippen molar-refractivity contribution in [1.29, 1.82) is 0 Å². The number of benzene rings is 2. The van der Waals surface area contributed by atoms with Gasteiger partial charge in [0, 0.05) is 12.1 Å². The van der Waals surface area contributed by atoms with E-state index in [1.807, 2.05) is 5.43 Å². The van der Waals surface area contributed by atoms with E-state index in [2.05, 4.69) is 5.43 Å². The predicted octanol–water partition coefficient (Wildman–Crippen LogP) is 1.82. The van der Waals surface area contributed by atoms with Gasteiger partial charge in [-0.15, -0.1) is 0 Å². The lowest BCUT2D eigenvalue weighted by Crippen LogP contribution is -2.42. The van der Waals surface area contributed by atoms with Gasteiger partial charge in [0.05, 0.1) is 23.2 Å². The largest absolute Gasteiger partial charge is 0.496 e. The van der Waals surface area contributed by atoms with E-state index in [0.717, 1.165) is 12.1 Å². The van der Waals surface area contributed by atoms with Gasteiger partial charge in [-0.1, -0.05) is 12.1 Å². The normalized spacial score (nSPS) is 9.92. The summed E-state index contributed by atoms with van der Waals surface area (Å²) in [6.45, 7) is 0. The van der Waals surface area contributed by atoms with Gasteiger partial charge >= 0.3 is 0 Å². The topological polar surface area (TPSA) is 111 Å². The van der Waals surface area contributed by atoms with Crippen LogP contribution in [0, 0.1) is 15.9 Å². The van der Waals surface area contributed by atoms with Crippen LogP contribution < -0.4 is 15.6 Å². The van der Waals surface area contributed by atoms with E-state index in [-0.39, 0.29) is 22.6 Å². The maximum absolute atomic E-state index is 13.5. The van der Waals surface area contributed by atoms with E-state index in [9.17, 15) is 24.1 Å². The number of hydrogen-bond acceptors (Lipinski definition) is 5. The zero-order valence-corrected chi connectivity index (χ0v) is 12.4. The van der Waals surface area contributed by atoms with E-state index in [4.69, 9.17) is 4.74 Å². The maximum atomic E-state index is 13.5. The molecule has 0 bridgehead atoms. The molecule has 2 rings (SSSR count). The zero-order chi connectivity index (χ0) is 17.7. The summed E-state index contributed by atoms with van der Waals surface area (Å²) in [5.74, 6) is -2.39. The number of nitro benzene ring substituents is 1. The average Bonchev–Trinajstić information content (AvgIpc) is 2.59. The van der Waals surface area contributed by atoms with Crippen molar-refractivity contribution in [3.8, 4) is 5.75 Å². The van der Waals surface area contributed by atoms with Gasteiger partial charge in [-0.2, -0.15) is 0 Å². The molecule has 8 nitrogen and oxygen atoms in total. The Morgan fingerprint density at radius 1 is 1.08 bits per heavy atom. The van der Waals surface area contributed by atoms with Crippen LogP contribution in [0.1, 0.15) is 20.7 Å². The first-order chi connectivity index (χ1) is 11.4. The lowest BCUT2D eigenvalue weighted by Gasteiger charge is -2.10. The van der Waals surface area contributed by atoms with Crippen molar-refractivity contribution in [3.63, 3.8) is 0 Å². The molecule has 0 heterocycles. The van der Waals surface area contributed by atoms with E-state index < -0.39 is 22.6 Å². The van der Waals surface area contributed by atoms with Gasteiger partial charge in [0.2, 0.25) is 0 Å². The summed E-state index contributed by atoms with van der Waals surface area (Å²) in [7, 11) is 1.29. The summed E-state index contributed by atoms with van der Waals surface area (Å²) < 4.78 is 18.4. The molecule has 0 aliphatic rings. The summed E-state index contributed by atoms with van der Waals surface area (Å²) in [5, 5.41) is 10.8. The van der Waals surface area contributed by atoms with Crippen LogP contribution in [0.3, 0.4) is 0 Å². The van der Waals surface area contributed by atoms with Gasteiger partial charge in [-0.25, -0.2) is 4.39 Å². The smallest absolute Gasteiger partial charge is 0.273 e. The second kappa shape index (κ2) is 7.18. The SMILES string of the molecule is COc1ccc([N+](=O)[O-])cc1C(=O)NNC(=O)c1ccccc1F. The molecule has 0 aromatic heterocycles. The van der Waals surface area contributed by atoms with Crippen LogP contribution in [-0.4, -0.2) is 23.8 Å². The van der Waals surface area contributed by atoms with Crippen LogP contribution in [-0.2, 0) is 0 Å². The Hall–Kier alpha value is -3.49. The molecule has 0 saturated heterocycles. The Balaban J connectivity index is 2.15.